The number of carbonyl (C=O) groups excluding carboxylic acids is 1. The summed E-state index contributed by atoms with van der Waals surface area (Å²) in [5.74, 6) is 0. The predicted octanol–water partition coefficient (Wildman–Crippen LogP) is 1.06. The number of hydrogen-bond acceptors (Lipinski definition) is 4. The molecule has 3 atom stereocenters. The van der Waals surface area contributed by atoms with Crippen LogP contribution in [0.25, 0.3) is 0 Å². The molecule has 0 unspecified atom stereocenters. The van der Waals surface area contributed by atoms with Gasteiger partial charge in [0.15, 0.2) is 0 Å². The summed E-state index contributed by atoms with van der Waals surface area (Å²) in [4.78, 5) is 13.0. The second kappa shape index (κ2) is 4.34. The van der Waals surface area contributed by atoms with Gasteiger partial charge in [-0.25, -0.2) is 4.79 Å². The summed E-state index contributed by atoms with van der Waals surface area (Å²) < 4.78 is 1.39. The van der Waals surface area contributed by atoms with Crippen LogP contribution in [0.3, 0.4) is 0 Å². The second-order valence-electron chi connectivity index (χ2n) is 4.66. The van der Waals surface area contributed by atoms with Gasteiger partial charge in [-0.3, -0.25) is 0 Å². The number of amides is 1. The summed E-state index contributed by atoms with van der Waals surface area (Å²) in [6, 6.07) is 1.21. The minimum absolute atomic E-state index is 0.121. The summed E-state index contributed by atoms with van der Waals surface area (Å²) in [5.41, 5.74) is 0. The van der Waals surface area contributed by atoms with Crippen LogP contribution >= 0.6 is 11.8 Å². The summed E-state index contributed by atoms with van der Waals surface area (Å²) in [6.45, 7) is 0. The molecule has 0 saturated carbocycles. The minimum Gasteiger partial charge on any atom is -0.332 e. The van der Waals surface area contributed by atoms with Gasteiger partial charge < -0.3 is 10.6 Å². The SMILES string of the molecule is CSc1cnn(C(=O)N[C@@H]2C[C@H]3CC[C@@H]2N3)c1. The number of aromatic nitrogens is 2. The molecule has 1 aromatic heterocycles. The van der Waals surface area contributed by atoms with E-state index in [1.807, 2.05) is 6.26 Å². The monoisotopic (exact) mass is 252 g/mol. The summed E-state index contributed by atoms with van der Waals surface area (Å²) in [7, 11) is 0. The highest BCUT2D eigenvalue weighted by atomic mass is 32.2. The zero-order valence-corrected chi connectivity index (χ0v) is 10.5. The van der Waals surface area contributed by atoms with Gasteiger partial charge in [-0.2, -0.15) is 9.78 Å². The van der Waals surface area contributed by atoms with Crippen LogP contribution in [0.4, 0.5) is 4.79 Å². The van der Waals surface area contributed by atoms with Crippen molar-refractivity contribution in [3.8, 4) is 0 Å². The fourth-order valence-electron chi connectivity index (χ4n) is 2.73. The molecular formula is C11H16N4OS. The Bertz CT molecular complexity index is 433. The number of carbonyl (C=O) groups is 1. The van der Waals surface area contributed by atoms with E-state index in [9.17, 15) is 4.79 Å². The number of rotatable bonds is 2. The third-order valence-corrected chi connectivity index (χ3v) is 4.29. The van der Waals surface area contributed by atoms with Crippen molar-refractivity contribution in [3.05, 3.63) is 12.4 Å². The van der Waals surface area contributed by atoms with Gasteiger partial charge in [0.1, 0.15) is 0 Å². The summed E-state index contributed by atoms with van der Waals surface area (Å²) >= 11 is 1.59. The lowest BCUT2D eigenvalue weighted by Crippen LogP contribution is -2.44. The van der Waals surface area contributed by atoms with Gasteiger partial charge in [-0.15, -0.1) is 11.8 Å². The minimum atomic E-state index is -0.121. The third-order valence-electron chi connectivity index (χ3n) is 3.61. The van der Waals surface area contributed by atoms with E-state index in [0.717, 1.165) is 11.3 Å². The van der Waals surface area contributed by atoms with Crippen molar-refractivity contribution in [2.24, 2.45) is 0 Å². The molecule has 2 fully saturated rings. The van der Waals surface area contributed by atoms with Crippen LogP contribution in [0, 0.1) is 0 Å². The molecule has 17 heavy (non-hydrogen) atoms. The molecule has 0 radical (unpaired) electrons. The Morgan fingerprint density at radius 2 is 2.53 bits per heavy atom. The molecule has 5 nitrogen and oxygen atoms in total. The largest absolute Gasteiger partial charge is 0.342 e. The van der Waals surface area contributed by atoms with Crippen molar-refractivity contribution in [3.63, 3.8) is 0 Å². The number of fused-ring (bicyclic) bond motifs is 2. The molecule has 1 aromatic rings. The Balaban J connectivity index is 1.63. The van der Waals surface area contributed by atoms with E-state index in [1.54, 1.807) is 24.2 Å². The van der Waals surface area contributed by atoms with Gasteiger partial charge in [0, 0.05) is 29.2 Å². The maximum Gasteiger partial charge on any atom is 0.342 e. The zero-order chi connectivity index (χ0) is 11.8. The van der Waals surface area contributed by atoms with Gasteiger partial charge in [-0.1, -0.05) is 0 Å². The van der Waals surface area contributed by atoms with Crippen LogP contribution in [0.5, 0.6) is 0 Å². The first kappa shape index (κ1) is 11.1. The number of thioether (sulfide) groups is 1. The van der Waals surface area contributed by atoms with Crippen molar-refractivity contribution < 1.29 is 4.79 Å². The molecule has 2 aliphatic heterocycles. The standard InChI is InChI=1S/C11H16N4OS/c1-17-8-5-12-15(6-8)11(16)14-10-4-7-2-3-9(10)13-7/h5-7,9-10,13H,2-4H2,1H3,(H,14,16)/t7-,9+,10-/m1/s1. The molecule has 0 aromatic carbocycles. The third kappa shape index (κ3) is 2.07. The lowest BCUT2D eigenvalue weighted by atomic mass is 9.96. The van der Waals surface area contributed by atoms with Crippen LogP contribution in [-0.4, -0.2) is 40.2 Å². The lowest BCUT2D eigenvalue weighted by molar-refractivity contribution is 0.233. The van der Waals surface area contributed by atoms with E-state index in [0.29, 0.717) is 12.1 Å². The van der Waals surface area contributed by atoms with Gasteiger partial charge in [0.25, 0.3) is 0 Å². The maximum absolute atomic E-state index is 12.0. The van der Waals surface area contributed by atoms with E-state index >= 15 is 0 Å². The Morgan fingerprint density at radius 3 is 3.12 bits per heavy atom. The van der Waals surface area contributed by atoms with Gasteiger partial charge in [0.2, 0.25) is 0 Å². The van der Waals surface area contributed by atoms with Gasteiger partial charge in [0.05, 0.1) is 6.20 Å². The predicted molar refractivity (Wildman–Crippen MR) is 66.3 cm³/mol. The molecule has 2 bridgehead atoms. The van der Waals surface area contributed by atoms with E-state index in [4.69, 9.17) is 0 Å². The topological polar surface area (TPSA) is 59.0 Å². The molecule has 1 amide bonds. The molecule has 2 saturated heterocycles. The fraction of sp³-hybridized carbons (Fsp3) is 0.636. The van der Waals surface area contributed by atoms with Crippen LogP contribution in [0.15, 0.2) is 17.3 Å². The Hall–Kier alpha value is -1.01. The first-order valence-corrected chi connectivity index (χ1v) is 7.14. The first-order chi connectivity index (χ1) is 8.26. The number of hydrogen-bond donors (Lipinski definition) is 2. The van der Waals surface area contributed by atoms with Crippen LogP contribution in [0.2, 0.25) is 0 Å². The molecule has 92 valence electrons. The molecule has 2 N–H and O–H groups in total. The number of nitrogens with one attached hydrogen (secondary N) is 2. The Morgan fingerprint density at radius 1 is 1.65 bits per heavy atom. The molecule has 6 heteroatoms. The highest BCUT2D eigenvalue weighted by molar-refractivity contribution is 7.98. The Kier molecular flexibility index (Phi) is 2.84. The van der Waals surface area contributed by atoms with Crippen LogP contribution in [-0.2, 0) is 0 Å². The number of nitrogens with zero attached hydrogens (tertiary/aromatic N) is 2. The summed E-state index contributed by atoms with van der Waals surface area (Å²) in [5, 5.41) is 10.6. The Labute approximate surface area is 104 Å². The van der Waals surface area contributed by atoms with E-state index in [2.05, 4.69) is 15.7 Å². The smallest absolute Gasteiger partial charge is 0.332 e. The van der Waals surface area contributed by atoms with Crippen molar-refractivity contribution in [1.82, 2.24) is 20.4 Å². The van der Waals surface area contributed by atoms with Crippen molar-refractivity contribution in [2.75, 3.05) is 6.26 Å². The zero-order valence-electron chi connectivity index (χ0n) is 9.72. The maximum atomic E-state index is 12.0. The second-order valence-corrected chi connectivity index (χ2v) is 5.54. The molecule has 0 aliphatic carbocycles. The molecule has 2 aliphatic rings. The van der Waals surface area contributed by atoms with Crippen LogP contribution < -0.4 is 10.6 Å². The van der Waals surface area contributed by atoms with Crippen molar-refractivity contribution in [2.45, 2.75) is 42.3 Å². The molecular weight excluding hydrogens is 236 g/mol. The van der Waals surface area contributed by atoms with Gasteiger partial charge in [-0.05, 0) is 25.5 Å². The van der Waals surface area contributed by atoms with Crippen molar-refractivity contribution >= 4 is 17.8 Å². The van der Waals surface area contributed by atoms with Crippen molar-refractivity contribution in [1.29, 1.82) is 0 Å². The first-order valence-electron chi connectivity index (χ1n) is 5.92. The van der Waals surface area contributed by atoms with E-state index in [1.165, 1.54) is 17.5 Å². The quantitative estimate of drug-likeness (QED) is 0.773. The molecule has 3 heterocycles. The van der Waals surface area contributed by atoms with Gasteiger partial charge >= 0.3 is 6.03 Å². The fourth-order valence-corrected chi connectivity index (χ4v) is 3.09. The average molecular weight is 252 g/mol. The highest BCUT2D eigenvalue weighted by Gasteiger charge is 2.39. The summed E-state index contributed by atoms with van der Waals surface area (Å²) in [6.07, 6.45) is 8.91. The molecule has 3 rings (SSSR count). The van der Waals surface area contributed by atoms with E-state index in [-0.39, 0.29) is 12.1 Å². The lowest BCUT2D eigenvalue weighted by Gasteiger charge is -2.21. The highest BCUT2D eigenvalue weighted by Crippen LogP contribution is 2.28. The van der Waals surface area contributed by atoms with E-state index < -0.39 is 0 Å². The normalized spacial score (nSPS) is 30.8. The van der Waals surface area contributed by atoms with Crippen LogP contribution in [0.1, 0.15) is 19.3 Å². The molecule has 0 spiro atoms. The average Bonchev–Trinajstić information content (AvgIpc) is 3.04.